The lowest BCUT2D eigenvalue weighted by atomic mass is 10.1. The number of hydrogen-bond donors (Lipinski definition) is 1. The van der Waals surface area contributed by atoms with Crippen molar-refractivity contribution >= 4 is 22.5 Å². The lowest BCUT2D eigenvalue weighted by Gasteiger charge is -2.05. The maximum absolute atomic E-state index is 5.82. The van der Waals surface area contributed by atoms with Crippen LogP contribution in [0.3, 0.4) is 0 Å². The monoisotopic (exact) mass is 209 g/mol. The van der Waals surface area contributed by atoms with Gasteiger partial charge in [0, 0.05) is 23.0 Å². The van der Waals surface area contributed by atoms with E-state index in [1.807, 2.05) is 25.3 Å². The first-order valence-electron chi connectivity index (χ1n) is 4.47. The predicted octanol–water partition coefficient (Wildman–Crippen LogP) is 3.22. The number of ether oxygens (including phenoxy) is 1. The smallest absolute Gasteiger partial charge is 0.123 e. The Bertz CT molecular complexity index is 462. The highest BCUT2D eigenvalue weighted by Gasteiger charge is 2.07. The molecule has 0 aliphatic rings. The maximum atomic E-state index is 5.82. The second-order valence-corrected chi connectivity index (χ2v) is 3.53. The molecule has 0 unspecified atom stereocenters. The SMILES string of the molecule is COc1ccc2c(CCl)c[nH]c2c1C. The fourth-order valence-corrected chi connectivity index (χ4v) is 1.94. The molecule has 74 valence electrons. The summed E-state index contributed by atoms with van der Waals surface area (Å²) in [6, 6.07) is 4.01. The first-order valence-corrected chi connectivity index (χ1v) is 5.01. The van der Waals surface area contributed by atoms with Crippen molar-refractivity contribution in [3.63, 3.8) is 0 Å². The highest BCUT2D eigenvalue weighted by atomic mass is 35.5. The molecule has 0 atom stereocenters. The third-order valence-corrected chi connectivity index (χ3v) is 2.80. The molecule has 1 N–H and O–H groups in total. The Morgan fingerprint density at radius 3 is 2.86 bits per heavy atom. The number of H-pyrrole nitrogens is 1. The normalized spacial score (nSPS) is 10.8. The summed E-state index contributed by atoms with van der Waals surface area (Å²) in [5.74, 6) is 1.44. The molecule has 1 aromatic heterocycles. The van der Waals surface area contributed by atoms with E-state index in [1.54, 1.807) is 7.11 Å². The zero-order chi connectivity index (χ0) is 10.1. The van der Waals surface area contributed by atoms with Crippen LogP contribution in [0.4, 0.5) is 0 Å². The van der Waals surface area contributed by atoms with Crippen molar-refractivity contribution in [2.75, 3.05) is 7.11 Å². The van der Waals surface area contributed by atoms with Gasteiger partial charge in [0.15, 0.2) is 0 Å². The van der Waals surface area contributed by atoms with E-state index >= 15 is 0 Å². The second kappa shape index (κ2) is 3.54. The molecule has 2 nitrogen and oxygen atoms in total. The van der Waals surface area contributed by atoms with Gasteiger partial charge in [-0.3, -0.25) is 0 Å². The van der Waals surface area contributed by atoms with Crippen molar-refractivity contribution in [3.05, 3.63) is 29.5 Å². The van der Waals surface area contributed by atoms with Crippen LogP contribution in [0.1, 0.15) is 11.1 Å². The molecule has 3 heteroatoms. The number of fused-ring (bicyclic) bond motifs is 1. The molecule has 0 saturated carbocycles. The lowest BCUT2D eigenvalue weighted by molar-refractivity contribution is 0.412. The molecular weight excluding hydrogens is 198 g/mol. The minimum absolute atomic E-state index is 0.534. The van der Waals surface area contributed by atoms with Crippen LogP contribution in [-0.4, -0.2) is 12.1 Å². The number of nitrogens with one attached hydrogen (secondary N) is 1. The van der Waals surface area contributed by atoms with Crippen molar-refractivity contribution in [2.24, 2.45) is 0 Å². The minimum Gasteiger partial charge on any atom is -0.496 e. The molecule has 1 heterocycles. The number of halogens is 1. The van der Waals surface area contributed by atoms with Crippen molar-refractivity contribution in [3.8, 4) is 5.75 Å². The molecule has 0 fully saturated rings. The number of aromatic amines is 1. The summed E-state index contributed by atoms with van der Waals surface area (Å²) in [5, 5.41) is 1.18. The molecule has 2 aromatic rings. The third kappa shape index (κ3) is 1.26. The van der Waals surface area contributed by atoms with E-state index in [-0.39, 0.29) is 0 Å². The van der Waals surface area contributed by atoms with Gasteiger partial charge in [0.1, 0.15) is 5.75 Å². The Labute approximate surface area is 87.8 Å². The zero-order valence-electron chi connectivity index (χ0n) is 8.23. The molecule has 0 bridgehead atoms. The molecule has 0 saturated heterocycles. The number of rotatable bonds is 2. The van der Waals surface area contributed by atoms with Gasteiger partial charge in [-0.2, -0.15) is 0 Å². The molecule has 2 rings (SSSR count). The summed E-state index contributed by atoms with van der Waals surface area (Å²) >= 11 is 5.82. The van der Waals surface area contributed by atoms with Gasteiger partial charge in [-0.15, -0.1) is 11.6 Å². The van der Waals surface area contributed by atoms with Crippen LogP contribution in [0.5, 0.6) is 5.75 Å². The Kier molecular flexibility index (Phi) is 2.38. The molecule has 1 aromatic carbocycles. The summed E-state index contributed by atoms with van der Waals surface area (Å²) in [6.45, 7) is 2.04. The fourth-order valence-electron chi connectivity index (χ4n) is 1.71. The zero-order valence-corrected chi connectivity index (χ0v) is 8.98. The molecule has 14 heavy (non-hydrogen) atoms. The summed E-state index contributed by atoms with van der Waals surface area (Å²) in [5.41, 5.74) is 3.37. The molecule has 0 aliphatic carbocycles. The Morgan fingerprint density at radius 1 is 1.43 bits per heavy atom. The Morgan fingerprint density at radius 2 is 2.21 bits per heavy atom. The van der Waals surface area contributed by atoms with Crippen LogP contribution in [0.25, 0.3) is 10.9 Å². The van der Waals surface area contributed by atoms with Gasteiger partial charge in [-0.1, -0.05) is 0 Å². The number of aryl methyl sites for hydroxylation is 1. The number of alkyl halides is 1. The standard InChI is InChI=1S/C11H12ClNO/c1-7-10(14-2)4-3-9-8(5-12)6-13-11(7)9/h3-4,6,13H,5H2,1-2H3. The van der Waals surface area contributed by atoms with Crippen LogP contribution >= 0.6 is 11.6 Å². The number of aromatic nitrogens is 1. The van der Waals surface area contributed by atoms with E-state index in [9.17, 15) is 0 Å². The topological polar surface area (TPSA) is 25.0 Å². The molecular formula is C11H12ClNO. The van der Waals surface area contributed by atoms with Crippen molar-refractivity contribution < 1.29 is 4.74 Å². The molecule has 0 aliphatic heterocycles. The van der Waals surface area contributed by atoms with E-state index in [0.29, 0.717) is 5.88 Å². The third-order valence-electron chi connectivity index (χ3n) is 2.52. The Balaban J connectivity index is 2.72. The van der Waals surface area contributed by atoms with Crippen LogP contribution in [0, 0.1) is 6.92 Å². The predicted molar refractivity (Wildman–Crippen MR) is 59.1 cm³/mol. The van der Waals surface area contributed by atoms with E-state index in [0.717, 1.165) is 22.4 Å². The van der Waals surface area contributed by atoms with Crippen LogP contribution in [-0.2, 0) is 5.88 Å². The highest BCUT2D eigenvalue weighted by molar-refractivity contribution is 6.18. The maximum Gasteiger partial charge on any atom is 0.123 e. The van der Waals surface area contributed by atoms with Gasteiger partial charge in [-0.25, -0.2) is 0 Å². The summed E-state index contributed by atoms with van der Waals surface area (Å²) in [6.07, 6.45) is 1.95. The summed E-state index contributed by atoms with van der Waals surface area (Å²) in [7, 11) is 1.68. The molecule has 0 spiro atoms. The fraction of sp³-hybridized carbons (Fsp3) is 0.273. The van der Waals surface area contributed by atoms with Gasteiger partial charge in [0.05, 0.1) is 12.6 Å². The molecule has 0 amide bonds. The largest absolute Gasteiger partial charge is 0.496 e. The van der Waals surface area contributed by atoms with E-state index in [2.05, 4.69) is 4.98 Å². The Hall–Kier alpha value is -1.15. The minimum atomic E-state index is 0.534. The van der Waals surface area contributed by atoms with Crippen molar-refractivity contribution in [1.82, 2.24) is 4.98 Å². The van der Waals surface area contributed by atoms with Crippen LogP contribution in [0.2, 0.25) is 0 Å². The van der Waals surface area contributed by atoms with E-state index < -0.39 is 0 Å². The van der Waals surface area contributed by atoms with Gasteiger partial charge in [-0.05, 0) is 24.6 Å². The summed E-state index contributed by atoms with van der Waals surface area (Å²) < 4.78 is 5.24. The van der Waals surface area contributed by atoms with Crippen molar-refractivity contribution in [2.45, 2.75) is 12.8 Å². The second-order valence-electron chi connectivity index (χ2n) is 3.26. The first kappa shape index (κ1) is 9.41. The quantitative estimate of drug-likeness (QED) is 0.755. The van der Waals surface area contributed by atoms with Crippen LogP contribution in [0.15, 0.2) is 18.3 Å². The van der Waals surface area contributed by atoms with Crippen molar-refractivity contribution in [1.29, 1.82) is 0 Å². The van der Waals surface area contributed by atoms with Gasteiger partial charge in [0.25, 0.3) is 0 Å². The first-order chi connectivity index (χ1) is 6.77. The lowest BCUT2D eigenvalue weighted by Crippen LogP contribution is -1.87. The number of hydrogen-bond acceptors (Lipinski definition) is 1. The molecule has 0 radical (unpaired) electrons. The van der Waals surface area contributed by atoms with Gasteiger partial charge < -0.3 is 9.72 Å². The average Bonchev–Trinajstić information content (AvgIpc) is 2.62. The summed E-state index contributed by atoms with van der Waals surface area (Å²) in [4.78, 5) is 3.22. The average molecular weight is 210 g/mol. The van der Waals surface area contributed by atoms with Gasteiger partial charge >= 0.3 is 0 Å². The van der Waals surface area contributed by atoms with E-state index in [4.69, 9.17) is 16.3 Å². The number of methoxy groups -OCH3 is 1. The van der Waals surface area contributed by atoms with E-state index in [1.165, 1.54) is 5.39 Å². The highest BCUT2D eigenvalue weighted by Crippen LogP contribution is 2.28. The number of benzene rings is 1. The van der Waals surface area contributed by atoms with Crippen LogP contribution < -0.4 is 4.74 Å². The van der Waals surface area contributed by atoms with Gasteiger partial charge in [0.2, 0.25) is 0 Å².